The molecule has 2 N–H and O–H groups in total. The summed E-state index contributed by atoms with van der Waals surface area (Å²) in [5.74, 6) is -0.343. The molecule has 3 aromatic heterocycles. The molecule has 3 heterocycles. The second-order valence-corrected chi connectivity index (χ2v) is 7.33. The molecule has 0 aliphatic carbocycles. The summed E-state index contributed by atoms with van der Waals surface area (Å²) in [6.45, 7) is 1.64. The van der Waals surface area contributed by atoms with Crippen molar-refractivity contribution in [1.82, 2.24) is 34.8 Å². The van der Waals surface area contributed by atoms with Gasteiger partial charge >= 0.3 is 0 Å². The summed E-state index contributed by atoms with van der Waals surface area (Å²) >= 11 is 0. The molecule has 0 aliphatic heterocycles. The Morgan fingerprint density at radius 2 is 1.94 bits per heavy atom. The van der Waals surface area contributed by atoms with Crippen LogP contribution in [0.25, 0.3) is 28.0 Å². The number of fused-ring (bicyclic) bond motifs is 1. The zero-order chi connectivity index (χ0) is 21.9. The number of nitrogens with zero attached hydrogens (tertiary/aromatic N) is 5. The van der Waals surface area contributed by atoms with Crippen molar-refractivity contribution in [3.63, 3.8) is 0 Å². The molecule has 0 saturated carbocycles. The van der Waals surface area contributed by atoms with E-state index >= 15 is 0 Å². The molecule has 160 valence electrons. The summed E-state index contributed by atoms with van der Waals surface area (Å²) in [5, 5.41) is 12.8. The lowest BCUT2D eigenvalue weighted by Gasteiger charge is -2.06. The molecule has 8 nitrogen and oxygen atoms in total. The predicted molar refractivity (Wildman–Crippen MR) is 119 cm³/mol. The summed E-state index contributed by atoms with van der Waals surface area (Å²) < 4.78 is 17.3. The number of nitrogens with one attached hydrogen (secondary N) is 2. The first-order chi connectivity index (χ1) is 15.7. The van der Waals surface area contributed by atoms with Gasteiger partial charge in [0.2, 0.25) is 0 Å². The van der Waals surface area contributed by atoms with Gasteiger partial charge in [-0.2, -0.15) is 10.2 Å². The highest BCUT2D eigenvalue weighted by atomic mass is 19.1. The second-order valence-electron chi connectivity index (χ2n) is 7.33. The molecule has 0 aliphatic rings. The largest absolute Gasteiger partial charge is 0.311 e. The molecule has 0 spiro atoms. The van der Waals surface area contributed by atoms with E-state index in [1.165, 1.54) is 18.5 Å². The Labute approximate surface area is 182 Å². The predicted octanol–water partition coefficient (Wildman–Crippen LogP) is 2.90. The SMILES string of the molecule is O=c1[nH]c2c(cc1CNCCn1cncn1)c(-c1cccc(F)c1)nn2-c1ccccc1. The number of para-hydroxylation sites is 1. The number of rotatable bonds is 7. The number of aromatic nitrogens is 6. The van der Waals surface area contributed by atoms with Crippen molar-refractivity contribution in [2.75, 3.05) is 6.54 Å². The van der Waals surface area contributed by atoms with E-state index in [0.717, 1.165) is 11.1 Å². The molecule has 0 unspecified atom stereocenters. The summed E-state index contributed by atoms with van der Waals surface area (Å²) in [5.41, 5.74) is 2.97. The molecule has 32 heavy (non-hydrogen) atoms. The summed E-state index contributed by atoms with van der Waals surface area (Å²) in [6.07, 6.45) is 3.13. The van der Waals surface area contributed by atoms with Crippen LogP contribution in [-0.4, -0.2) is 36.1 Å². The highest BCUT2D eigenvalue weighted by Crippen LogP contribution is 2.29. The minimum absolute atomic E-state index is 0.200. The third kappa shape index (κ3) is 3.93. The van der Waals surface area contributed by atoms with E-state index in [9.17, 15) is 9.18 Å². The van der Waals surface area contributed by atoms with Gasteiger partial charge in [0.1, 0.15) is 29.8 Å². The number of H-pyrrole nitrogens is 1. The third-order valence-electron chi connectivity index (χ3n) is 5.16. The highest BCUT2D eigenvalue weighted by molar-refractivity contribution is 5.92. The Kier molecular flexibility index (Phi) is 5.30. The monoisotopic (exact) mass is 429 g/mol. The maximum absolute atomic E-state index is 13.9. The van der Waals surface area contributed by atoms with Gasteiger partial charge in [0.15, 0.2) is 0 Å². The molecular weight excluding hydrogens is 409 g/mol. The van der Waals surface area contributed by atoms with Gasteiger partial charge in [0, 0.05) is 29.6 Å². The molecule has 9 heteroatoms. The Bertz CT molecular complexity index is 1410. The standard InChI is InChI=1S/C23H20FN7O/c24-18-6-4-5-16(11-18)21-20-12-17(13-25-9-10-30-15-26-14-27-30)23(32)28-22(20)31(29-21)19-7-2-1-3-8-19/h1-8,11-12,14-15,25H,9-10,13H2,(H,28,32). The fourth-order valence-corrected chi connectivity index (χ4v) is 3.62. The van der Waals surface area contributed by atoms with Gasteiger partial charge in [-0.15, -0.1) is 0 Å². The van der Waals surface area contributed by atoms with Crippen LogP contribution in [-0.2, 0) is 13.1 Å². The van der Waals surface area contributed by atoms with E-state index in [1.54, 1.807) is 27.8 Å². The van der Waals surface area contributed by atoms with Gasteiger partial charge in [0.25, 0.3) is 5.56 Å². The Hall–Kier alpha value is -4.11. The van der Waals surface area contributed by atoms with Crippen LogP contribution in [0.15, 0.2) is 78.1 Å². The van der Waals surface area contributed by atoms with Crippen LogP contribution in [0.5, 0.6) is 0 Å². The van der Waals surface area contributed by atoms with Gasteiger partial charge in [-0.05, 0) is 30.3 Å². The van der Waals surface area contributed by atoms with Crippen LogP contribution in [0, 0.1) is 5.82 Å². The fourth-order valence-electron chi connectivity index (χ4n) is 3.62. The average molecular weight is 429 g/mol. The van der Waals surface area contributed by atoms with Gasteiger partial charge in [-0.1, -0.05) is 30.3 Å². The van der Waals surface area contributed by atoms with Crippen molar-refractivity contribution in [2.45, 2.75) is 13.1 Å². The summed E-state index contributed by atoms with van der Waals surface area (Å²) in [7, 11) is 0. The number of hydrogen-bond donors (Lipinski definition) is 2. The molecule has 0 saturated heterocycles. The number of benzene rings is 2. The molecule has 0 bridgehead atoms. The summed E-state index contributed by atoms with van der Waals surface area (Å²) in [6, 6.07) is 17.6. The lowest BCUT2D eigenvalue weighted by molar-refractivity contribution is 0.552. The lowest BCUT2D eigenvalue weighted by atomic mass is 10.1. The number of hydrogen-bond acceptors (Lipinski definition) is 5. The quantitative estimate of drug-likeness (QED) is 0.388. The first-order valence-electron chi connectivity index (χ1n) is 10.2. The molecule has 5 aromatic rings. The van der Waals surface area contributed by atoms with Crippen molar-refractivity contribution in [2.24, 2.45) is 0 Å². The smallest absolute Gasteiger partial charge is 0.254 e. The fraction of sp³-hybridized carbons (Fsp3) is 0.130. The zero-order valence-corrected chi connectivity index (χ0v) is 17.1. The van der Waals surface area contributed by atoms with Crippen LogP contribution in [0.3, 0.4) is 0 Å². The average Bonchev–Trinajstić information content (AvgIpc) is 3.45. The number of aromatic amines is 1. The van der Waals surface area contributed by atoms with Crippen molar-refractivity contribution in [3.8, 4) is 16.9 Å². The molecule has 5 rings (SSSR count). The summed E-state index contributed by atoms with van der Waals surface area (Å²) in [4.78, 5) is 19.7. The Balaban J connectivity index is 1.54. The van der Waals surface area contributed by atoms with Crippen LogP contribution in [0.2, 0.25) is 0 Å². The van der Waals surface area contributed by atoms with E-state index in [-0.39, 0.29) is 11.4 Å². The maximum atomic E-state index is 13.9. The minimum Gasteiger partial charge on any atom is -0.311 e. The van der Waals surface area contributed by atoms with E-state index < -0.39 is 0 Å². The van der Waals surface area contributed by atoms with E-state index in [4.69, 9.17) is 5.10 Å². The van der Waals surface area contributed by atoms with E-state index in [1.807, 2.05) is 36.4 Å². The lowest BCUT2D eigenvalue weighted by Crippen LogP contribution is -2.24. The Morgan fingerprint density at radius 3 is 2.72 bits per heavy atom. The van der Waals surface area contributed by atoms with E-state index in [2.05, 4.69) is 20.4 Å². The topological polar surface area (TPSA) is 93.4 Å². The van der Waals surface area contributed by atoms with Crippen LogP contribution < -0.4 is 10.9 Å². The van der Waals surface area contributed by atoms with Gasteiger partial charge in [-0.25, -0.2) is 14.1 Å². The number of pyridine rings is 1. The molecule has 0 radical (unpaired) electrons. The van der Waals surface area contributed by atoms with E-state index in [0.29, 0.717) is 42.1 Å². The number of halogens is 1. The molecule has 0 fully saturated rings. The normalized spacial score (nSPS) is 11.3. The minimum atomic E-state index is -0.343. The van der Waals surface area contributed by atoms with Gasteiger partial charge in [0.05, 0.1) is 12.2 Å². The zero-order valence-electron chi connectivity index (χ0n) is 17.1. The van der Waals surface area contributed by atoms with Crippen molar-refractivity contribution >= 4 is 11.0 Å². The third-order valence-corrected chi connectivity index (χ3v) is 5.16. The van der Waals surface area contributed by atoms with Crippen LogP contribution in [0.1, 0.15) is 5.56 Å². The molecular formula is C23H20FN7O. The van der Waals surface area contributed by atoms with Crippen molar-refractivity contribution < 1.29 is 4.39 Å². The van der Waals surface area contributed by atoms with Crippen LogP contribution >= 0.6 is 0 Å². The maximum Gasteiger partial charge on any atom is 0.254 e. The van der Waals surface area contributed by atoms with Gasteiger partial charge < -0.3 is 10.3 Å². The first kappa shape index (κ1) is 19.8. The molecule has 2 aromatic carbocycles. The molecule has 0 atom stereocenters. The van der Waals surface area contributed by atoms with Gasteiger partial charge in [-0.3, -0.25) is 9.48 Å². The molecule has 0 amide bonds. The van der Waals surface area contributed by atoms with Crippen molar-refractivity contribution in [3.05, 3.63) is 95.1 Å². The first-order valence-corrected chi connectivity index (χ1v) is 10.2. The Morgan fingerprint density at radius 1 is 1.06 bits per heavy atom. The highest BCUT2D eigenvalue weighted by Gasteiger charge is 2.17. The van der Waals surface area contributed by atoms with Crippen molar-refractivity contribution in [1.29, 1.82) is 0 Å². The van der Waals surface area contributed by atoms with Crippen LogP contribution in [0.4, 0.5) is 4.39 Å². The second kappa shape index (κ2) is 8.56.